The molecule has 0 saturated heterocycles. The van der Waals surface area contributed by atoms with Crippen LogP contribution in [-0.2, 0) is 6.42 Å². The zero-order valence-corrected chi connectivity index (χ0v) is 11.9. The van der Waals surface area contributed by atoms with E-state index in [1.165, 1.54) is 11.1 Å². The van der Waals surface area contributed by atoms with E-state index in [1.54, 1.807) is 0 Å². The minimum Gasteiger partial charge on any atom is -0.314 e. The van der Waals surface area contributed by atoms with Crippen LogP contribution in [0.2, 0.25) is 0 Å². The van der Waals surface area contributed by atoms with Crippen LogP contribution in [0.15, 0.2) is 24.3 Å². The molecule has 0 aliphatic carbocycles. The Morgan fingerprint density at radius 3 is 2.47 bits per heavy atom. The van der Waals surface area contributed by atoms with Crippen molar-refractivity contribution in [3.8, 4) is 0 Å². The van der Waals surface area contributed by atoms with Crippen LogP contribution in [0.25, 0.3) is 0 Å². The predicted octanol–water partition coefficient (Wildman–Crippen LogP) is 2.47. The first-order valence-corrected chi connectivity index (χ1v) is 6.36. The van der Waals surface area contributed by atoms with Gasteiger partial charge in [0.25, 0.3) is 0 Å². The molecule has 0 heterocycles. The normalized spacial score (nSPS) is 12.1. The van der Waals surface area contributed by atoms with Crippen molar-refractivity contribution in [1.82, 2.24) is 10.2 Å². The van der Waals surface area contributed by atoms with Gasteiger partial charge in [0.1, 0.15) is 0 Å². The van der Waals surface area contributed by atoms with E-state index in [4.69, 9.17) is 0 Å². The molecule has 0 saturated carbocycles. The van der Waals surface area contributed by atoms with Crippen LogP contribution < -0.4 is 5.32 Å². The lowest BCUT2D eigenvalue weighted by Gasteiger charge is -2.30. The summed E-state index contributed by atoms with van der Waals surface area (Å²) in [6.07, 6.45) is 1.13. The quantitative estimate of drug-likeness (QED) is 0.813. The molecule has 1 N–H and O–H groups in total. The Morgan fingerprint density at radius 1 is 1.24 bits per heavy atom. The lowest BCUT2D eigenvalue weighted by atomic mass is 10.0. The Balaban J connectivity index is 2.44. The van der Waals surface area contributed by atoms with Gasteiger partial charge in [0.2, 0.25) is 0 Å². The van der Waals surface area contributed by atoms with Crippen LogP contribution in [0.4, 0.5) is 0 Å². The van der Waals surface area contributed by atoms with Crippen LogP contribution in [0.3, 0.4) is 0 Å². The first-order chi connectivity index (χ1) is 7.94. The monoisotopic (exact) mass is 234 g/mol. The van der Waals surface area contributed by atoms with E-state index >= 15 is 0 Å². The van der Waals surface area contributed by atoms with E-state index in [2.05, 4.69) is 62.3 Å². The molecule has 96 valence electrons. The van der Waals surface area contributed by atoms with Gasteiger partial charge in [-0.05, 0) is 52.4 Å². The van der Waals surface area contributed by atoms with Crippen LogP contribution in [0, 0.1) is 6.92 Å². The van der Waals surface area contributed by atoms with Crippen molar-refractivity contribution >= 4 is 0 Å². The Labute approximate surface area is 106 Å². The number of rotatable bonds is 6. The highest BCUT2D eigenvalue weighted by Crippen LogP contribution is 2.09. The maximum absolute atomic E-state index is 3.34. The molecule has 0 atom stereocenters. The molecule has 1 aromatic rings. The van der Waals surface area contributed by atoms with Crippen molar-refractivity contribution in [2.75, 3.05) is 27.2 Å². The maximum Gasteiger partial charge on any atom is 0.0249 e. The summed E-state index contributed by atoms with van der Waals surface area (Å²) in [5.41, 5.74) is 3.04. The highest BCUT2D eigenvalue weighted by atomic mass is 15.1. The predicted molar refractivity (Wildman–Crippen MR) is 75.5 cm³/mol. The maximum atomic E-state index is 3.34. The second-order valence-corrected chi connectivity index (χ2v) is 5.55. The van der Waals surface area contributed by atoms with E-state index in [0.717, 1.165) is 19.5 Å². The van der Waals surface area contributed by atoms with E-state index < -0.39 is 0 Å². The van der Waals surface area contributed by atoms with Crippen molar-refractivity contribution in [3.63, 3.8) is 0 Å². The number of nitrogens with one attached hydrogen (secondary N) is 1. The van der Waals surface area contributed by atoms with Gasteiger partial charge in [0.05, 0.1) is 0 Å². The first kappa shape index (κ1) is 14.2. The molecule has 0 radical (unpaired) electrons. The molecular formula is C15H26N2. The molecule has 0 fully saturated rings. The highest BCUT2D eigenvalue weighted by molar-refractivity contribution is 5.25. The van der Waals surface area contributed by atoms with Crippen LogP contribution in [-0.4, -0.2) is 37.6 Å². The number of benzene rings is 1. The lowest BCUT2D eigenvalue weighted by Crippen LogP contribution is -2.46. The molecule has 0 amide bonds. The van der Waals surface area contributed by atoms with Gasteiger partial charge in [-0.15, -0.1) is 0 Å². The number of hydrogen-bond donors (Lipinski definition) is 1. The molecule has 2 heteroatoms. The second kappa shape index (κ2) is 6.18. The molecule has 1 aromatic carbocycles. The number of hydrogen-bond acceptors (Lipinski definition) is 2. The summed E-state index contributed by atoms with van der Waals surface area (Å²) in [5, 5.41) is 3.34. The minimum atomic E-state index is 0.181. The summed E-state index contributed by atoms with van der Waals surface area (Å²) >= 11 is 0. The van der Waals surface area contributed by atoms with E-state index in [1.807, 2.05) is 7.05 Å². The third-order valence-corrected chi connectivity index (χ3v) is 3.37. The van der Waals surface area contributed by atoms with Crippen LogP contribution in [0.1, 0.15) is 25.0 Å². The zero-order chi connectivity index (χ0) is 12.9. The Kier molecular flexibility index (Phi) is 5.16. The van der Waals surface area contributed by atoms with Gasteiger partial charge in [-0.25, -0.2) is 0 Å². The lowest BCUT2D eigenvalue weighted by molar-refractivity contribution is 0.246. The summed E-state index contributed by atoms with van der Waals surface area (Å²) in [5.74, 6) is 0. The number of aryl methyl sites for hydroxylation is 1. The zero-order valence-electron chi connectivity index (χ0n) is 11.9. The Hall–Kier alpha value is -0.860. The summed E-state index contributed by atoms with van der Waals surface area (Å²) in [6.45, 7) is 8.83. The summed E-state index contributed by atoms with van der Waals surface area (Å²) < 4.78 is 0. The minimum absolute atomic E-state index is 0.181. The SMILES string of the molecule is CNC(C)(C)CN(C)CCc1ccccc1C. The number of likely N-dealkylation sites (N-methyl/N-ethyl adjacent to an activating group) is 2. The van der Waals surface area contributed by atoms with Crippen molar-refractivity contribution in [3.05, 3.63) is 35.4 Å². The standard InChI is InChI=1S/C15H26N2/c1-13-8-6-7-9-14(13)10-11-17(5)12-15(2,3)16-4/h6-9,16H,10-12H2,1-5H3. The number of nitrogens with zero attached hydrogens (tertiary/aromatic N) is 1. The van der Waals surface area contributed by atoms with Gasteiger partial charge < -0.3 is 10.2 Å². The van der Waals surface area contributed by atoms with Gasteiger partial charge in [0.15, 0.2) is 0 Å². The Morgan fingerprint density at radius 2 is 1.88 bits per heavy atom. The van der Waals surface area contributed by atoms with Crippen molar-refractivity contribution in [1.29, 1.82) is 0 Å². The van der Waals surface area contributed by atoms with Crippen molar-refractivity contribution in [2.45, 2.75) is 32.7 Å². The molecule has 0 aliphatic rings. The molecule has 0 spiro atoms. The topological polar surface area (TPSA) is 15.3 Å². The Bertz CT molecular complexity index is 345. The fraction of sp³-hybridized carbons (Fsp3) is 0.600. The summed E-state index contributed by atoms with van der Waals surface area (Å²) in [4.78, 5) is 2.39. The highest BCUT2D eigenvalue weighted by Gasteiger charge is 2.16. The third-order valence-electron chi connectivity index (χ3n) is 3.37. The molecule has 0 aromatic heterocycles. The van der Waals surface area contributed by atoms with Gasteiger partial charge >= 0.3 is 0 Å². The molecule has 0 unspecified atom stereocenters. The second-order valence-electron chi connectivity index (χ2n) is 5.55. The average Bonchev–Trinajstić information content (AvgIpc) is 2.27. The first-order valence-electron chi connectivity index (χ1n) is 6.36. The van der Waals surface area contributed by atoms with Crippen LogP contribution in [0.5, 0.6) is 0 Å². The fourth-order valence-corrected chi connectivity index (χ4v) is 2.03. The fourth-order valence-electron chi connectivity index (χ4n) is 2.03. The average molecular weight is 234 g/mol. The van der Waals surface area contributed by atoms with E-state index in [9.17, 15) is 0 Å². The van der Waals surface area contributed by atoms with Crippen molar-refractivity contribution < 1.29 is 0 Å². The smallest absolute Gasteiger partial charge is 0.0249 e. The summed E-state index contributed by atoms with van der Waals surface area (Å²) in [7, 11) is 4.21. The molecule has 0 bridgehead atoms. The summed E-state index contributed by atoms with van der Waals surface area (Å²) in [6, 6.07) is 8.64. The molecule has 1 rings (SSSR count). The van der Waals surface area contributed by atoms with E-state index in [0.29, 0.717) is 0 Å². The van der Waals surface area contributed by atoms with E-state index in [-0.39, 0.29) is 5.54 Å². The third kappa shape index (κ3) is 4.88. The largest absolute Gasteiger partial charge is 0.314 e. The molecule has 2 nitrogen and oxygen atoms in total. The van der Waals surface area contributed by atoms with Gasteiger partial charge in [-0.3, -0.25) is 0 Å². The van der Waals surface area contributed by atoms with Gasteiger partial charge in [0, 0.05) is 18.6 Å². The van der Waals surface area contributed by atoms with Crippen LogP contribution >= 0.6 is 0 Å². The van der Waals surface area contributed by atoms with Gasteiger partial charge in [-0.1, -0.05) is 24.3 Å². The molecule has 17 heavy (non-hydrogen) atoms. The molecular weight excluding hydrogens is 208 g/mol. The van der Waals surface area contributed by atoms with Crippen molar-refractivity contribution in [2.24, 2.45) is 0 Å². The van der Waals surface area contributed by atoms with Gasteiger partial charge in [-0.2, -0.15) is 0 Å². The molecule has 0 aliphatic heterocycles.